The molecule has 0 spiro atoms. The number of amides is 1. The summed E-state index contributed by atoms with van der Waals surface area (Å²) in [6.45, 7) is 7.30. The number of nitrogens with one attached hydrogen (secondary N) is 1. The summed E-state index contributed by atoms with van der Waals surface area (Å²) in [7, 11) is 0. The molecule has 0 fully saturated rings. The van der Waals surface area contributed by atoms with Crippen LogP contribution >= 0.6 is 0 Å². The maximum Gasteiger partial charge on any atom is 0.338 e. The smallest absolute Gasteiger partial charge is 0.338 e. The van der Waals surface area contributed by atoms with Crippen LogP contribution in [0.3, 0.4) is 0 Å². The lowest BCUT2D eigenvalue weighted by Gasteiger charge is -2.15. The van der Waals surface area contributed by atoms with Gasteiger partial charge in [0.1, 0.15) is 0 Å². The van der Waals surface area contributed by atoms with Crippen molar-refractivity contribution in [2.45, 2.75) is 46.6 Å². The summed E-state index contributed by atoms with van der Waals surface area (Å²) >= 11 is 0. The van der Waals surface area contributed by atoms with Crippen LogP contribution in [-0.2, 0) is 9.53 Å². The first kappa shape index (κ1) is 19.6. The summed E-state index contributed by atoms with van der Waals surface area (Å²) in [4.78, 5) is 33.9. The number of esters is 1. The molecule has 24 heavy (non-hydrogen) atoms. The Kier molecular flexibility index (Phi) is 7.35. The highest BCUT2D eigenvalue weighted by Gasteiger charge is 2.16. The van der Waals surface area contributed by atoms with Gasteiger partial charge in [0.15, 0.2) is 6.61 Å². The Labute approximate surface area is 141 Å². The summed E-state index contributed by atoms with van der Waals surface area (Å²) in [5.41, 5.74) is 0.475. The van der Waals surface area contributed by atoms with Gasteiger partial charge < -0.3 is 10.1 Å². The molecule has 0 aromatic heterocycles. The first-order valence-corrected chi connectivity index (χ1v) is 7.92. The second kappa shape index (κ2) is 9.00. The zero-order valence-corrected chi connectivity index (χ0v) is 14.5. The van der Waals surface area contributed by atoms with Gasteiger partial charge in [-0.3, -0.25) is 14.9 Å². The van der Waals surface area contributed by atoms with Crippen LogP contribution in [0.15, 0.2) is 18.2 Å². The minimum absolute atomic E-state index is 0.0141. The Morgan fingerprint density at radius 1 is 1.25 bits per heavy atom. The number of hydrogen-bond acceptors (Lipinski definition) is 5. The molecule has 7 heteroatoms. The quantitative estimate of drug-likeness (QED) is 0.447. The molecule has 1 aromatic rings. The molecule has 0 saturated carbocycles. The van der Waals surface area contributed by atoms with Crippen LogP contribution < -0.4 is 5.32 Å². The van der Waals surface area contributed by atoms with Crippen molar-refractivity contribution in [2.24, 2.45) is 5.92 Å². The highest BCUT2D eigenvalue weighted by Crippen LogP contribution is 2.19. The van der Waals surface area contributed by atoms with Crippen molar-refractivity contribution in [3.63, 3.8) is 0 Å². The van der Waals surface area contributed by atoms with E-state index in [9.17, 15) is 19.7 Å². The fraction of sp³-hybridized carbons (Fsp3) is 0.529. The van der Waals surface area contributed by atoms with E-state index in [1.165, 1.54) is 25.1 Å². The van der Waals surface area contributed by atoms with E-state index in [4.69, 9.17) is 4.74 Å². The Balaban J connectivity index is 2.49. The van der Waals surface area contributed by atoms with Gasteiger partial charge in [-0.2, -0.15) is 0 Å². The van der Waals surface area contributed by atoms with E-state index in [1.54, 1.807) is 0 Å². The molecule has 0 aliphatic rings. The largest absolute Gasteiger partial charge is 0.452 e. The summed E-state index contributed by atoms with van der Waals surface area (Å²) in [5.74, 6) is -0.483. The summed E-state index contributed by atoms with van der Waals surface area (Å²) < 4.78 is 4.95. The maximum absolute atomic E-state index is 11.9. The van der Waals surface area contributed by atoms with E-state index in [0.717, 1.165) is 12.8 Å². The highest BCUT2D eigenvalue weighted by molar-refractivity contribution is 5.91. The Hall–Kier alpha value is -2.44. The lowest BCUT2D eigenvalue weighted by molar-refractivity contribution is -0.385. The number of hydrogen-bond donors (Lipinski definition) is 1. The molecule has 1 amide bonds. The number of nitro groups is 1. The molecule has 0 aliphatic heterocycles. The Bertz CT molecular complexity index is 613. The Morgan fingerprint density at radius 2 is 1.92 bits per heavy atom. The van der Waals surface area contributed by atoms with Gasteiger partial charge >= 0.3 is 5.97 Å². The minimum Gasteiger partial charge on any atom is -0.452 e. The number of nitro benzene ring substituents is 1. The molecule has 1 rings (SSSR count). The summed E-state index contributed by atoms with van der Waals surface area (Å²) in [6, 6.07) is 3.96. The van der Waals surface area contributed by atoms with Gasteiger partial charge in [-0.25, -0.2) is 4.79 Å². The molecule has 1 aromatic carbocycles. The van der Waals surface area contributed by atoms with Crippen molar-refractivity contribution in [2.75, 3.05) is 6.61 Å². The van der Waals surface area contributed by atoms with Crippen molar-refractivity contribution in [1.82, 2.24) is 5.32 Å². The van der Waals surface area contributed by atoms with Crippen LogP contribution in [0.5, 0.6) is 0 Å². The number of nitrogens with zero attached hydrogens (tertiary/aromatic N) is 1. The Morgan fingerprint density at radius 3 is 2.46 bits per heavy atom. The first-order chi connectivity index (χ1) is 11.2. The van der Waals surface area contributed by atoms with Gasteiger partial charge in [0.2, 0.25) is 0 Å². The van der Waals surface area contributed by atoms with E-state index in [-0.39, 0.29) is 29.8 Å². The fourth-order valence-electron chi connectivity index (χ4n) is 2.17. The average Bonchev–Trinajstić information content (AvgIpc) is 2.50. The zero-order valence-electron chi connectivity index (χ0n) is 14.5. The zero-order chi connectivity index (χ0) is 18.3. The van der Waals surface area contributed by atoms with Crippen LogP contribution in [0.2, 0.25) is 0 Å². The molecule has 1 atom stereocenters. The highest BCUT2D eigenvalue weighted by atomic mass is 16.6. The normalized spacial score (nSPS) is 11.9. The third-order valence-corrected chi connectivity index (χ3v) is 3.55. The third-order valence-electron chi connectivity index (χ3n) is 3.55. The second-order valence-corrected chi connectivity index (χ2v) is 6.27. The first-order valence-electron chi connectivity index (χ1n) is 7.92. The van der Waals surface area contributed by atoms with E-state index >= 15 is 0 Å². The van der Waals surface area contributed by atoms with E-state index in [1.807, 2.05) is 6.92 Å². The van der Waals surface area contributed by atoms with E-state index in [0.29, 0.717) is 11.5 Å². The number of ether oxygens (including phenoxy) is 1. The van der Waals surface area contributed by atoms with Crippen LogP contribution in [0.4, 0.5) is 5.69 Å². The van der Waals surface area contributed by atoms with Gasteiger partial charge in [-0.15, -0.1) is 0 Å². The molecule has 0 aliphatic carbocycles. The molecule has 132 valence electrons. The van der Waals surface area contributed by atoms with E-state index in [2.05, 4.69) is 19.2 Å². The van der Waals surface area contributed by atoms with Gasteiger partial charge in [0.05, 0.1) is 10.5 Å². The monoisotopic (exact) mass is 336 g/mol. The second-order valence-electron chi connectivity index (χ2n) is 6.27. The van der Waals surface area contributed by atoms with Crippen molar-refractivity contribution >= 4 is 17.6 Å². The van der Waals surface area contributed by atoms with Gasteiger partial charge in [-0.05, 0) is 44.7 Å². The van der Waals surface area contributed by atoms with Gasteiger partial charge in [-0.1, -0.05) is 13.8 Å². The molecule has 7 nitrogen and oxygen atoms in total. The molecular formula is C17H24N2O5. The number of benzene rings is 1. The fourth-order valence-corrected chi connectivity index (χ4v) is 2.17. The lowest BCUT2D eigenvalue weighted by atomic mass is 10.0. The third kappa shape index (κ3) is 6.36. The van der Waals surface area contributed by atoms with Gasteiger partial charge in [0, 0.05) is 17.7 Å². The molecule has 0 unspecified atom stereocenters. The molecular weight excluding hydrogens is 312 g/mol. The number of rotatable bonds is 8. The molecule has 0 heterocycles. The predicted molar refractivity (Wildman–Crippen MR) is 89.8 cm³/mol. The molecule has 0 radical (unpaired) electrons. The number of carbonyl (C=O) groups is 2. The van der Waals surface area contributed by atoms with Crippen LogP contribution in [-0.4, -0.2) is 29.4 Å². The number of carbonyl (C=O) groups excluding carboxylic acids is 2. The van der Waals surface area contributed by atoms with Crippen LogP contribution in [0.1, 0.15) is 49.5 Å². The molecule has 0 bridgehead atoms. The van der Waals surface area contributed by atoms with Gasteiger partial charge in [0.25, 0.3) is 11.6 Å². The lowest BCUT2D eigenvalue weighted by Crippen LogP contribution is -2.36. The topological polar surface area (TPSA) is 98.5 Å². The van der Waals surface area contributed by atoms with Crippen LogP contribution in [0, 0.1) is 23.0 Å². The van der Waals surface area contributed by atoms with Crippen molar-refractivity contribution in [3.05, 3.63) is 39.4 Å². The standard InChI is InChI=1S/C17H24N2O5/c1-11(2)5-6-13(4)18-16(20)10-24-17(21)14-7-8-15(19(22)23)12(3)9-14/h7-9,11,13H,5-6,10H2,1-4H3,(H,18,20)/t13-/m0/s1. The van der Waals surface area contributed by atoms with E-state index < -0.39 is 10.9 Å². The maximum atomic E-state index is 11.9. The SMILES string of the molecule is Cc1cc(C(=O)OCC(=O)N[C@@H](C)CCC(C)C)ccc1[N+](=O)[O-]. The summed E-state index contributed by atoms with van der Waals surface area (Å²) in [6.07, 6.45) is 1.86. The average molecular weight is 336 g/mol. The number of aryl methyl sites for hydroxylation is 1. The summed E-state index contributed by atoms with van der Waals surface area (Å²) in [5, 5.41) is 13.5. The van der Waals surface area contributed by atoms with Crippen molar-refractivity contribution in [3.8, 4) is 0 Å². The minimum atomic E-state index is -0.682. The van der Waals surface area contributed by atoms with Crippen LogP contribution in [0.25, 0.3) is 0 Å². The predicted octanol–water partition coefficient (Wildman–Crippen LogP) is 3.00. The van der Waals surface area contributed by atoms with Crippen molar-refractivity contribution < 1.29 is 19.2 Å². The van der Waals surface area contributed by atoms with Crippen molar-refractivity contribution in [1.29, 1.82) is 0 Å². The molecule has 1 N–H and O–H groups in total. The molecule has 0 saturated heterocycles.